The van der Waals surface area contributed by atoms with Crippen LogP contribution in [0.4, 0.5) is 0 Å². The average molecular weight is 396 g/mol. The molecule has 0 aromatic heterocycles. The standard InChI is InChI=1S/C23H29N3O3/c24-16-20-12-14-26(13-11-18-7-3-1-4-8-18)23(28)21(25-20)15-22(27)29-17-19-9-5-2-6-10-19/h1-10,20-21,25H,11-17,24H2/t20-,21-/m0/s1. The van der Waals surface area contributed by atoms with Crippen molar-refractivity contribution in [1.82, 2.24) is 10.2 Å². The summed E-state index contributed by atoms with van der Waals surface area (Å²) in [5, 5.41) is 3.26. The molecule has 1 fully saturated rings. The normalized spacial score (nSPS) is 19.6. The molecule has 2 aromatic carbocycles. The van der Waals surface area contributed by atoms with Crippen molar-refractivity contribution in [3.05, 3.63) is 71.8 Å². The summed E-state index contributed by atoms with van der Waals surface area (Å²) in [4.78, 5) is 27.3. The van der Waals surface area contributed by atoms with Gasteiger partial charge < -0.3 is 20.7 Å². The summed E-state index contributed by atoms with van der Waals surface area (Å²) in [5.41, 5.74) is 7.96. The Morgan fingerprint density at radius 2 is 1.72 bits per heavy atom. The molecule has 6 nitrogen and oxygen atoms in total. The number of nitrogens with one attached hydrogen (secondary N) is 1. The summed E-state index contributed by atoms with van der Waals surface area (Å²) < 4.78 is 5.37. The van der Waals surface area contributed by atoms with Gasteiger partial charge in [0.1, 0.15) is 6.61 Å². The third kappa shape index (κ3) is 6.41. The van der Waals surface area contributed by atoms with Crippen LogP contribution in [0.2, 0.25) is 0 Å². The molecule has 3 rings (SSSR count). The maximum absolute atomic E-state index is 13.1. The van der Waals surface area contributed by atoms with Crippen LogP contribution in [0.15, 0.2) is 60.7 Å². The number of carbonyl (C=O) groups excluding carboxylic acids is 2. The van der Waals surface area contributed by atoms with E-state index in [0.29, 0.717) is 19.6 Å². The fraction of sp³-hybridized carbons (Fsp3) is 0.391. The molecular formula is C23H29N3O3. The second-order valence-corrected chi connectivity index (χ2v) is 7.35. The molecule has 1 amide bonds. The minimum Gasteiger partial charge on any atom is -0.461 e. The minimum absolute atomic E-state index is 0.00397. The predicted molar refractivity (Wildman–Crippen MR) is 112 cm³/mol. The summed E-state index contributed by atoms with van der Waals surface area (Å²) >= 11 is 0. The van der Waals surface area contributed by atoms with Gasteiger partial charge in [-0.3, -0.25) is 9.59 Å². The first kappa shape index (κ1) is 21.0. The summed E-state index contributed by atoms with van der Waals surface area (Å²) in [7, 11) is 0. The van der Waals surface area contributed by atoms with Gasteiger partial charge >= 0.3 is 5.97 Å². The number of hydrogen-bond acceptors (Lipinski definition) is 5. The topological polar surface area (TPSA) is 84.7 Å². The van der Waals surface area contributed by atoms with Gasteiger partial charge in [-0.15, -0.1) is 0 Å². The molecule has 0 bridgehead atoms. The van der Waals surface area contributed by atoms with Crippen LogP contribution in [0.25, 0.3) is 0 Å². The Balaban J connectivity index is 1.58. The number of rotatable bonds is 8. The lowest BCUT2D eigenvalue weighted by molar-refractivity contribution is -0.148. The summed E-state index contributed by atoms with van der Waals surface area (Å²) in [5.74, 6) is -0.450. The molecule has 3 N–H and O–H groups in total. The summed E-state index contributed by atoms with van der Waals surface area (Å²) in [6.07, 6.45) is 1.56. The van der Waals surface area contributed by atoms with Crippen molar-refractivity contribution in [2.45, 2.75) is 38.0 Å². The second kappa shape index (κ2) is 10.7. The molecule has 0 aliphatic carbocycles. The number of nitrogens with zero attached hydrogens (tertiary/aromatic N) is 1. The van der Waals surface area contributed by atoms with Crippen molar-refractivity contribution in [3.63, 3.8) is 0 Å². The zero-order valence-electron chi connectivity index (χ0n) is 16.6. The molecule has 154 valence electrons. The maximum Gasteiger partial charge on any atom is 0.308 e. The van der Waals surface area contributed by atoms with Gasteiger partial charge in [-0.2, -0.15) is 0 Å². The fourth-order valence-corrected chi connectivity index (χ4v) is 3.51. The summed E-state index contributed by atoms with van der Waals surface area (Å²) in [6, 6.07) is 19.0. The Hall–Kier alpha value is -2.70. The van der Waals surface area contributed by atoms with Gasteiger partial charge in [-0.05, 0) is 24.0 Å². The Morgan fingerprint density at radius 1 is 1.07 bits per heavy atom. The number of benzene rings is 2. The third-order valence-corrected chi connectivity index (χ3v) is 5.21. The van der Waals surface area contributed by atoms with E-state index in [-0.39, 0.29) is 30.9 Å². The van der Waals surface area contributed by atoms with E-state index < -0.39 is 6.04 Å². The van der Waals surface area contributed by atoms with Crippen LogP contribution in [0, 0.1) is 0 Å². The Kier molecular flexibility index (Phi) is 7.78. The van der Waals surface area contributed by atoms with E-state index in [9.17, 15) is 9.59 Å². The highest BCUT2D eigenvalue weighted by Gasteiger charge is 2.32. The van der Waals surface area contributed by atoms with E-state index in [1.165, 1.54) is 5.56 Å². The van der Waals surface area contributed by atoms with Gasteiger partial charge in [0, 0.05) is 25.7 Å². The SMILES string of the molecule is NC[C@@H]1CCN(CCc2ccccc2)C(=O)[C@H](CC(=O)OCc2ccccc2)N1. The first-order valence-electron chi connectivity index (χ1n) is 10.1. The van der Waals surface area contributed by atoms with Crippen molar-refractivity contribution in [2.24, 2.45) is 5.73 Å². The lowest BCUT2D eigenvalue weighted by atomic mass is 10.1. The van der Waals surface area contributed by atoms with Crippen LogP contribution in [0.3, 0.4) is 0 Å². The highest BCUT2D eigenvalue weighted by atomic mass is 16.5. The lowest BCUT2D eigenvalue weighted by Gasteiger charge is -2.24. The zero-order chi connectivity index (χ0) is 20.5. The van der Waals surface area contributed by atoms with E-state index in [1.54, 1.807) is 0 Å². The first-order chi connectivity index (χ1) is 14.2. The monoisotopic (exact) mass is 395 g/mol. The van der Waals surface area contributed by atoms with Gasteiger partial charge in [0.2, 0.25) is 5.91 Å². The number of carbonyl (C=O) groups is 2. The smallest absolute Gasteiger partial charge is 0.308 e. The van der Waals surface area contributed by atoms with Crippen LogP contribution in [0.5, 0.6) is 0 Å². The molecule has 0 spiro atoms. The van der Waals surface area contributed by atoms with E-state index in [1.807, 2.05) is 53.4 Å². The van der Waals surface area contributed by atoms with Crippen molar-refractivity contribution in [1.29, 1.82) is 0 Å². The van der Waals surface area contributed by atoms with Crippen LogP contribution < -0.4 is 11.1 Å². The van der Waals surface area contributed by atoms with Gasteiger partial charge in [-0.25, -0.2) is 0 Å². The number of amides is 1. The Labute approximate surface area is 172 Å². The molecule has 0 radical (unpaired) electrons. The van der Waals surface area contributed by atoms with Gasteiger partial charge in [-0.1, -0.05) is 60.7 Å². The molecule has 0 unspecified atom stereocenters. The molecule has 1 aliphatic heterocycles. The number of ether oxygens (including phenoxy) is 1. The van der Waals surface area contributed by atoms with Crippen molar-refractivity contribution in [3.8, 4) is 0 Å². The van der Waals surface area contributed by atoms with Gasteiger partial charge in [0.15, 0.2) is 0 Å². The molecule has 29 heavy (non-hydrogen) atoms. The molecular weight excluding hydrogens is 366 g/mol. The largest absolute Gasteiger partial charge is 0.461 e. The minimum atomic E-state index is -0.606. The Bertz CT molecular complexity index is 782. The lowest BCUT2D eigenvalue weighted by Crippen LogP contribution is -2.48. The molecule has 6 heteroatoms. The van der Waals surface area contributed by atoms with Crippen molar-refractivity contribution < 1.29 is 14.3 Å². The third-order valence-electron chi connectivity index (χ3n) is 5.21. The van der Waals surface area contributed by atoms with Gasteiger partial charge in [0.05, 0.1) is 12.5 Å². The zero-order valence-corrected chi connectivity index (χ0v) is 16.6. The molecule has 2 atom stereocenters. The van der Waals surface area contributed by atoms with Crippen LogP contribution >= 0.6 is 0 Å². The number of esters is 1. The van der Waals surface area contributed by atoms with E-state index in [4.69, 9.17) is 10.5 Å². The highest BCUT2D eigenvalue weighted by molar-refractivity contribution is 5.87. The quantitative estimate of drug-likeness (QED) is 0.667. The number of hydrogen-bond donors (Lipinski definition) is 2. The van der Waals surface area contributed by atoms with Crippen molar-refractivity contribution in [2.75, 3.05) is 19.6 Å². The number of nitrogens with two attached hydrogens (primary N) is 1. The molecule has 1 saturated heterocycles. The fourth-order valence-electron chi connectivity index (χ4n) is 3.51. The second-order valence-electron chi connectivity index (χ2n) is 7.35. The van der Waals surface area contributed by atoms with E-state index >= 15 is 0 Å². The molecule has 2 aromatic rings. The average Bonchev–Trinajstić information content (AvgIpc) is 2.91. The van der Waals surface area contributed by atoms with Gasteiger partial charge in [0.25, 0.3) is 0 Å². The highest BCUT2D eigenvalue weighted by Crippen LogP contribution is 2.13. The van der Waals surface area contributed by atoms with Crippen molar-refractivity contribution >= 4 is 11.9 Å². The van der Waals surface area contributed by atoms with E-state index in [2.05, 4.69) is 17.4 Å². The molecule has 1 heterocycles. The van der Waals surface area contributed by atoms with Crippen LogP contribution in [-0.4, -0.2) is 48.5 Å². The Morgan fingerprint density at radius 3 is 2.38 bits per heavy atom. The van der Waals surface area contributed by atoms with E-state index in [0.717, 1.165) is 18.4 Å². The first-order valence-corrected chi connectivity index (χ1v) is 10.1. The maximum atomic E-state index is 13.1. The summed E-state index contributed by atoms with van der Waals surface area (Å²) in [6.45, 7) is 1.89. The van der Waals surface area contributed by atoms with Crippen LogP contribution in [-0.2, 0) is 27.4 Å². The molecule has 1 aliphatic rings. The molecule has 0 saturated carbocycles. The van der Waals surface area contributed by atoms with Crippen LogP contribution in [0.1, 0.15) is 24.0 Å². The predicted octanol–water partition coefficient (Wildman–Crippen LogP) is 1.88.